The van der Waals surface area contributed by atoms with Gasteiger partial charge in [0.2, 0.25) is 0 Å². The SMILES string of the molecule is CCc1ccccc1-n1cc(C(=O)OC)c2nn(-c3cccc(C)c3)c(=O)c-2c1. The number of aryl methyl sites for hydroxylation is 2. The number of ether oxygens (including phenoxy) is 1. The topological polar surface area (TPSA) is 66.1 Å². The van der Waals surface area contributed by atoms with Crippen LogP contribution in [-0.4, -0.2) is 27.4 Å². The van der Waals surface area contributed by atoms with Gasteiger partial charge in [0.15, 0.2) is 0 Å². The number of benzene rings is 2. The Morgan fingerprint density at radius 3 is 2.62 bits per heavy atom. The van der Waals surface area contributed by atoms with Gasteiger partial charge in [0.25, 0.3) is 5.56 Å². The number of methoxy groups -OCH3 is 1. The Balaban J connectivity index is 2.02. The number of pyridine rings is 1. The minimum atomic E-state index is -0.535. The van der Waals surface area contributed by atoms with E-state index in [2.05, 4.69) is 12.0 Å². The van der Waals surface area contributed by atoms with E-state index in [0.717, 1.165) is 23.2 Å². The second-order valence-corrected chi connectivity index (χ2v) is 6.87. The summed E-state index contributed by atoms with van der Waals surface area (Å²) in [5.41, 5.74) is 4.34. The van der Waals surface area contributed by atoms with Gasteiger partial charge in [0.05, 0.1) is 18.4 Å². The molecule has 0 bridgehead atoms. The van der Waals surface area contributed by atoms with Crippen LogP contribution in [0.5, 0.6) is 0 Å². The van der Waals surface area contributed by atoms with Crippen molar-refractivity contribution in [3.63, 3.8) is 0 Å². The van der Waals surface area contributed by atoms with Gasteiger partial charge in [-0.15, -0.1) is 0 Å². The highest BCUT2D eigenvalue weighted by atomic mass is 16.5. The van der Waals surface area contributed by atoms with E-state index in [0.29, 0.717) is 16.9 Å². The third-order valence-electron chi connectivity index (χ3n) is 4.97. The van der Waals surface area contributed by atoms with Crippen LogP contribution in [0.1, 0.15) is 28.4 Å². The Labute approximate surface area is 168 Å². The Morgan fingerprint density at radius 1 is 1.10 bits per heavy atom. The van der Waals surface area contributed by atoms with Crippen LogP contribution in [0.3, 0.4) is 0 Å². The average molecular weight is 387 g/mol. The summed E-state index contributed by atoms with van der Waals surface area (Å²) in [6, 6.07) is 15.4. The molecule has 146 valence electrons. The number of hydrogen-bond acceptors (Lipinski definition) is 4. The third-order valence-corrected chi connectivity index (χ3v) is 4.97. The normalized spacial score (nSPS) is 11.0. The molecule has 0 spiro atoms. The van der Waals surface area contributed by atoms with Crippen molar-refractivity contribution in [1.82, 2.24) is 14.3 Å². The standard InChI is InChI=1S/C23H21N3O3/c1-4-16-9-5-6-11-20(16)25-13-18-21(19(14-25)23(28)29-3)24-26(22(18)27)17-10-7-8-15(2)12-17/h5-14H,4H2,1-3H3. The molecule has 29 heavy (non-hydrogen) atoms. The molecule has 0 amide bonds. The van der Waals surface area contributed by atoms with E-state index in [4.69, 9.17) is 4.74 Å². The molecular formula is C23H21N3O3. The molecule has 6 heteroatoms. The lowest BCUT2D eigenvalue weighted by atomic mass is 10.1. The predicted octanol–water partition coefficient (Wildman–Crippen LogP) is 3.79. The highest BCUT2D eigenvalue weighted by Crippen LogP contribution is 2.26. The quantitative estimate of drug-likeness (QED) is 0.500. The van der Waals surface area contributed by atoms with Crippen LogP contribution in [0.2, 0.25) is 0 Å². The molecule has 2 heterocycles. The lowest BCUT2D eigenvalue weighted by Crippen LogP contribution is -2.15. The van der Waals surface area contributed by atoms with Crippen LogP contribution in [0, 0.1) is 6.92 Å². The maximum atomic E-state index is 13.2. The Hall–Kier alpha value is -3.67. The van der Waals surface area contributed by atoms with Gasteiger partial charge in [0.1, 0.15) is 11.3 Å². The number of nitrogens with zero attached hydrogens (tertiary/aromatic N) is 3. The fourth-order valence-electron chi connectivity index (χ4n) is 3.50. The van der Waals surface area contributed by atoms with Gasteiger partial charge in [0, 0.05) is 18.1 Å². The zero-order valence-corrected chi connectivity index (χ0v) is 16.5. The molecule has 0 aromatic heterocycles. The summed E-state index contributed by atoms with van der Waals surface area (Å²) in [5.74, 6) is -0.535. The summed E-state index contributed by atoms with van der Waals surface area (Å²) in [7, 11) is 1.32. The van der Waals surface area contributed by atoms with Crippen molar-refractivity contribution in [3.8, 4) is 22.6 Å². The van der Waals surface area contributed by atoms with Gasteiger partial charge < -0.3 is 9.30 Å². The number of hydrogen-bond donors (Lipinski definition) is 0. The van der Waals surface area contributed by atoms with Crippen molar-refractivity contribution in [1.29, 1.82) is 0 Å². The molecule has 2 aliphatic heterocycles. The molecule has 2 aromatic carbocycles. The summed E-state index contributed by atoms with van der Waals surface area (Å²) in [6.45, 7) is 4.01. The average Bonchev–Trinajstić information content (AvgIpc) is 3.09. The molecule has 0 aliphatic carbocycles. The number of carbonyl (C=O) groups is 1. The van der Waals surface area contributed by atoms with Crippen LogP contribution < -0.4 is 5.56 Å². The highest BCUT2D eigenvalue weighted by molar-refractivity contribution is 5.96. The summed E-state index contributed by atoms with van der Waals surface area (Å²) in [4.78, 5) is 25.7. The molecule has 0 atom stereocenters. The van der Waals surface area contributed by atoms with Gasteiger partial charge >= 0.3 is 5.97 Å². The third kappa shape index (κ3) is 3.23. The van der Waals surface area contributed by atoms with E-state index in [9.17, 15) is 9.59 Å². The van der Waals surface area contributed by atoms with Gasteiger partial charge in [-0.2, -0.15) is 9.78 Å². The van der Waals surface area contributed by atoms with Crippen molar-refractivity contribution in [2.24, 2.45) is 0 Å². The van der Waals surface area contributed by atoms with E-state index >= 15 is 0 Å². The number of esters is 1. The van der Waals surface area contributed by atoms with E-state index in [1.54, 1.807) is 17.0 Å². The first-order valence-corrected chi connectivity index (χ1v) is 9.42. The van der Waals surface area contributed by atoms with Crippen LogP contribution >= 0.6 is 0 Å². The van der Waals surface area contributed by atoms with Gasteiger partial charge in [-0.05, 0) is 42.7 Å². The fraction of sp³-hybridized carbons (Fsp3) is 0.174. The lowest BCUT2D eigenvalue weighted by molar-refractivity contribution is 0.0600. The summed E-state index contributed by atoms with van der Waals surface area (Å²) >= 11 is 0. The first-order chi connectivity index (χ1) is 14.0. The molecule has 0 fully saturated rings. The Kier molecular flexibility index (Phi) is 4.76. The molecule has 0 unspecified atom stereocenters. The molecule has 0 N–H and O–H groups in total. The van der Waals surface area contributed by atoms with Crippen molar-refractivity contribution in [2.45, 2.75) is 20.3 Å². The number of carbonyl (C=O) groups excluding carboxylic acids is 1. The minimum Gasteiger partial charge on any atom is -0.465 e. The van der Waals surface area contributed by atoms with Crippen LogP contribution in [0.25, 0.3) is 22.6 Å². The molecule has 4 rings (SSSR count). The number of para-hydroxylation sites is 1. The first kappa shape index (κ1) is 18.7. The maximum absolute atomic E-state index is 13.2. The minimum absolute atomic E-state index is 0.249. The maximum Gasteiger partial charge on any atom is 0.341 e. The molecule has 0 radical (unpaired) electrons. The molecule has 2 aromatic rings. The molecule has 0 saturated heterocycles. The number of fused-ring (bicyclic) bond motifs is 1. The lowest BCUT2D eigenvalue weighted by Gasteiger charge is -2.14. The van der Waals surface area contributed by atoms with Gasteiger partial charge in [-0.1, -0.05) is 37.3 Å². The van der Waals surface area contributed by atoms with Crippen molar-refractivity contribution in [3.05, 3.63) is 88.0 Å². The first-order valence-electron chi connectivity index (χ1n) is 9.42. The van der Waals surface area contributed by atoms with Crippen LogP contribution in [-0.2, 0) is 11.2 Å². The largest absolute Gasteiger partial charge is 0.465 e. The number of rotatable bonds is 4. The van der Waals surface area contributed by atoms with Crippen molar-refractivity contribution >= 4 is 5.97 Å². The molecular weight excluding hydrogens is 366 g/mol. The van der Waals surface area contributed by atoms with E-state index in [1.807, 2.05) is 55.5 Å². The Morgan fingerprint density at radius 2 is 1.90 bits per heavy atom. The Bertz CT molecular complexity index is 1240. The van der Waals surface area contributed by atoms with Crippen molar-refractivity contribution in [2.75, 3.05) is 7.11 Å². The monoisotopic (exact) mass is 387 g/mol. The van der Waals surface area contributed by atoms with Crippen LogP contribution in [0.15, 0.2) is 65.7 Å². The summed E-state index contributed by atoms with van der Waals surface area (Å²) < 4.78 is 8.10. The molecule has 6 nitrogen and oxygen atoms in total. The zero-order chi connectivity index (χ0) is 20.5. The highest BCUT2D eigenvalue weighted by Gasteiger charge is 2.25. The van der Waals surface area contributed by atoms with Gasteiger partial charge in [-0.25, -0.2) is 4.79 Å². The van der Waals surface area contributed by atoms with Crippen LogP contribution in [0.4, 0.5) is 0 Å². The van der Waals surface area contributed by atoms with E-state index in [-0.39, 0.29) is 11.1 Å². The second-order valence-electron chi connectivity index (χ2n) is 6.87. The van der Waals surface area contributed by atoms with Crippen molar-refractivity contribution < 1.29 is 9.53 Å². The van der Waals surface area contributed by atoms with E-state index in [1.165, 1.54) is 11.8 Å². The second kappa shape index (κ2) is 7.39. The smallest absolute Gasteiger partial charge is 0.341 e. The molecule has 2 aliphatic rings. The summed E-state index contributed by atoms with van der Waals surface area (Å²) in [5, 5.41) is 4.46. The number of aromatic nitrogens is 3. The zero-order valence-electron chi connectivity index (χ0n) is 16.5. The molecule has 0 saturated carbocycles. The summed E-state index contributed by atoms with van der Waals surface area (Å²) in [6.07, 6.45) is 4.23. The van der Waals surface area contributed by atoms with E-state index < -0.39 is 5.97 Å². The predicted molar refractivity (Wildman–Crippen MR) is 111 cm³/mol. The van der Waals surface area contributed by atoms with Gasteiger partial charge in [-0.3, -0.25) is 4.79 Å². The fourth-order valence-corrected chi connectivity index (χ4v) is 3.50.